The smallest absolute Gasteiger partial charge is 0.257 e. The Bertz CT molecular complexity index is 775. The van der Waals surface area contributed by atoms with E-state index in [9.17, 15) is 4.79 Å². The van der Waals surface area contributed by atoms with Crippen molar-refractivity contribution in [1.82, 2.24) is 5.32 Å². The zero-order valence-corrected chi connectivity index (χ0v) is 15.1. The molecule has 0 bridgehead atoms. The molecule has 0 saturated carbocycles. The van der Waals surface area contributed by atoms with E-state index >= 15 is 0 Å². The Hall–Kier alpha value is -2.20. The van der Waals surface area contributed by atoms with Gasteiger partial charge in [-0.25, -0.2) is 0 Å². The van der Waals surface area contributed by atoms with Crippen molar-refractivity contribution in [3.63, 3.8) is 0 Å². The van der Waals surface area contributed by atoms with Crippen LogP contribution in [-0.2, 0) is 11.8 Å². The maximum Gasteiger partial charge on any atom is 0.257 e. The van der Waals surface area contributed by atoms with Gasteiger partial charge in [-0.2, -0.15) is 0 Å². The van der Waals surface area contributed by atoms with Gasteiger partial charge in [-0.1, -0.05) is 51.1 Å². The number of fused-ring (bicyclic) bond motifs is 1. The summed E-state index contributed by atoms with van der Waals surface area (Å²) in [7, 11) is 0. The Labute approximate surface area is 148 Å². The highest BCUT2D eigenvalue weighted by atomic mass is 32.1. The summed E-state index contributed by atoms with van der Waals surface area (Å²) in [6.45, 7) is 7.27. The second kappa shape index (κ2) is 6.36. The van der Waals surface area contributed by atoms with E-state index in [-0.39, 0.29) is 11.3 Å². The fraction of sp³-hybridized carbons (Fsp3) is 0.300. The van der Waals surface area contributed by atoms with Gasteiger partial charge >= 0.3 is 0 Å². The summed E-state index contributed by atoms with van der Waals surface area (Å²) in [5.41, 5.74) is 4.26. The number of para-hydroxylation sites is 1. The highest BCUT2D eigenvalue weighted by molar-refractivity contribution is 7.80. The van der Waals surface area contributed by atoms with Crippen LogP contribution in [0, 0.1) is 0 Å². The normalized spacial score (nSPS) is 13.5. The number of rotatable bonds is 1. The highest BCUT2D eigenvalue weighted by Crippen LogP contribution is 2.27. The lowest BCUT2D eigenvalue weighted by molar-refractivity contribution is 0.0977. The Morgan fingerprint density at radius 2 is 1.75 bits per heavy atom. The fourth-order valence-corrected chi connectivity index (χ4v) is 3.19. The number of amides is 1. The third-order valence-electron chi connectivity index (χ3n) is 4.37. The largest absolute Gasteiger partial charge is 0.318 e. The number of thiocarbonyl (C=S) groups is 1. The molecule has 0 aliphatic carbocycles. The van der Waals surface area contributed by atoms with Gasteiger partial charge in [0.2, 0.25) is 0 Å². The number of nitrogens with one attached hydrogen (secondary N) is 1. The summed E-state index contributed by atoms with van der Waals surface area (Å²) >= 11 is 5.45. The third kappa shape index (κ3) is 3.34. The van der Waals surface area contributed by atoms with Crippen LogP contribution < -0.4 is 10.2 Å². The van der Waals surface area contributed by atoms with Crippen molar-refractivity contribution >= 4 is 28.9 Å². The average molecular weight is 338 g/mol. The van der Waals surface area contributed by atoms with E-state index in [2.05, 4.69) is 32.2 Å². The number of hydrogen-bond acceptors (Lipinski definition) is 2. The van der Waals surface area contributed by atoms with Crippen molar-refractivity contribution < 1.29 is 4.79 Å². The lowest BCUT2D eigenvalue weighted by Crippen LogP contribution is -2.42. The first-order valence-corrected chi connectivity index (χ1v) is 8.58. The predicted octanol–water partition coefficient (Wildman–Crippen LogP) is 4.06. The van der Waals surface area contributed by atoms with E-state index in [0.29, 0.717) is 10.7 Å². The molecule has 0 saturated heterocycles. The molecule has 2 aromatic carbocycles. The lowest BCUT2D eigenvalue weighted by atomic mass is 9.87. The van der Waals surface area contributed by atoms with Crippen molar-refractivity contribution in [3.8, 4) is 0 Å². The molecule has 1 aliphatic rings. The first-order chi connectivity index (χ1) is 11.4. The van der Waals surface area contributed by atoms with Crippen LogP contribution in [-0.4, -0.2) is 17.6 Å². The van der Waals surface area contributed by atoms with Crippen molar-refractivity contribution in [2.45, 2.75) is 32.6 Å². The summed E-state index contributed by atoms with van der Waals surface area (Å²) in [5, 5.41) is 3.32. The van der Waals surface area contributed by atoms with Gasteiger partial charge in [-0.3, -0.25) is 10.1 Å². The third-order valence-corrected chi connectivity index (χ3v) is 4.69. The number of hydrogen-bond donors (Lipinski definition) is 1. The number of anilines is 1. The van der Waals surface area contributed by atoms with Crippen LogP contribution in [0.4, 0.5) is 5.69 Å². The van der Waals surface area contributed by atoms with Crippen LogP contribution in [0.3, 0.4) is 0 Å². The van der Waals surface area contributed by atoms with Gasteiger partial charge in [-0.05, 0) is 53.4 Å². The lowest BCUT2D eigenvalue weighted by Gasteiger charge is -2.21. The van der Waals surface area contributed by atoms with Gasteiger partial charge in [0.15, 0.2) is 5.11 Å². The van der Waals surface area contributed by atoms with Crippen molar-refractivity contribution in [2.75, 3.05) is 11.4 Å². The van der Waals surface area contributed by atoms with Gasteiger partial charge < -0.3 is 4.90 Å². The molecule has 1 N–H and O–H groups in total. The number of benzene rings is 2. The highest BCUT2D eigenvalue weighted by Gasteiger charge is 2.23. The molecule has 2 aromatic rings. The SMILES string of the molecule is CC(C)(C)c1ccc(C(=O)NC(=S)N2CCc3ccccc32)cc1. The monoisotopic (exact) mass is 338 g/mol. The van der Waals surface area contributed by atoms with Crippen LogP contribution in [0.2, 0.25) is 0 Å². The van der Waals surface area contributed by atoms with E-state index in [1.54, 1.807) is 0 Å². The first-order valence-electron chi connectivity index (χ1n) is 8.17. The number of carbonyl (C=O) groups is 1. The van der Waals surface area contributed by atoms with Gasteiger partial charge in [0, 0.05) is 17.8 Å². The minimum absolute atomic E-state index is 0.0730. The molecule has 3 rings (SSSR count). The number of nitrogens with zero attached hydrogens (tertiary/aromatic N) is 1. The quantitative estimate of drug-likeness (QED) is 0.796. The summed E-state index contributed by atoms with van der Waals surface area (Å²) < 4.78 is 0. The van der Waals surface area contributed by atoms with E-state index in [1.165, 1.54) is 11.1 Å². The van der Waals surface area contributed by atoms with E-state index in [4.69, 9.17) is 12.2 Å². The van der Waals surface area contributed by atoms with E-state index < -0.39 is 0 Å². The van der Waals surface area contributed by atoms with E-state index in [1.807, 2.05) is 47.4 Å². The predicted molar refractivity (Wildman–Crippen MR) is 103 cm³/mol. The molecule has 124 valence electrons. The summed E-state index contributed by atoms with van der Waals surface area (Å²) in [4.78, 5) is 14.5. The molecule has 0 radical (unpaired) electrons. The molecule has 0 spiro atoms. The van der Waals surface area contributed by atoms with E-state index in [0.717, 1.165) is 18.7 Å². The molecule has 0 atom stereocenters. The van der Waals surface area contributed by atoms with Crippen LogP contribution in [0.5, 0.6) is 0 Å². The standard InChI is InChI=1S/C20H22N2OS/c1-20(2,3)16-10-8-15(9-11-16)18(23)21-19(24)22-13-12-14-6-4-5-7-17(14)22/h4-11H,12-13H2,1-3H3,(H,21,23,24). The molecule has 1 aliphatic heterocycles. The Balaban J connectivity index is 1.70. The maximum atomic E-state index is 12.5. The van der Waals surface area contributed by atoms with Gasteiger partial charge in [0.25, 0.3) is 5.91 Å². The fourth-order valence-electron chi connectivity index (χ4n) is 2.91. The van der Waals surface area contributed by atoms with Crippen LogP contribution in [0.1, 0.15) is 42.3 Å². The van der Waals surface area contributed by atoms with Crippen molar-refractivity contribution in [1.29, 1.82) is 0 Å². The maximum absolute atomic E-state index is 12.5. The Morgan fingerprint density at radius 3 is 2.42 bits per heavy atom. The molecule has 1 heterocycles. The summed E-state index contributed by atoms with van der Waals surface area (Å²) in [6, 6.07) is 15.9. The van der Waals surface area contributed by atoms with Crippen LogP contribution >= 0.6 is 12.2 Å². The Morgan fingerprint density at radius 1 is 1.08 bits per heavy atom. The molecule has 0 unspecified atom stereocenters. The Kier molecular flexibility index (Phi) is 4.41. The molecule has 0 fully saturated rings. The summed E-state index contributed by atoms with van der Waals surface area (Å²) in [6.07, 6.45) is 0.951. The van der Waals surface area contributed by atoms with Gasteiger partial charge in [0.1, 0.15) is 0 Å². The molecule has 24 heavy (non-hydrogen) atoms. The van der Waals surface area contributed by atoms with Crippen molar-refractivity contribution in [2.24, 2.45) is 0 Å². The minimum Gasteiger partial charge on any atom is -0.318 e. The van der Waals surface area contributed by atoms with Crippen molar-refractivity contribution in [3.05, 3.63) is 65.2 Å². The molecule has 3 nitrogen and oxygen atoms in total. The number of carbonyl (C=O) groups excluding carboxylic acids is 1. The molecule has 4 heteroatoms. The van der Waals surface area contributed by atoms with Crippen LogP contribution in [0.25, 0.3) is 0 Å². The van der Waals surface area contributed by atoms with Gasteiger partial charge in [-0.15, -0.1) is 0 Å². The summed E-state index contributed by atoms with van der Waals surface area (Å²) in [5.74, 6) is -0.162. The molecule has 0 aromatic heterocycles. The molecule has 1 amide bonds. The average Bonchev–Trinajstić information content (AvgIpc) is 2.98. The van der Waals surface area contributed by atoms with Gasteiger partial charge in [0.05, 0.1) is 0 Å². The molecular formula is C20H22N2OS. The zero-order chi connectivity index (χ0) is 17.3. The topological polar surface area (TPSA) is 32.3 Å². The van der Waals surface area contributed by atoms with Crippen LogP contribution in [0.15, 0.2) is 48.5 Å². The second-order valence-electron chi connectivity index (χ2n) is 7.12. The minimum atomic E-state index is -0.162. The molecular weight excluding hydrogens is 316 g/mol. The zero-order valence-electron chi connectivity index (χ0n) is 14.3. The second-order valence-corrected chi connectivity index (χ2v) is 7.50. The first kappa shape index (κ1) is 16.7.